The Kier molecular flexibility index (Phi) is 9.29. The molecule has 0 fully saturated rings. The maximum atomic E-state index is 5.67. The van der Waals surface area contributed by atoms with Gasteiger partial charge < -0.3 is 9.47 Å². The fourth-order valence-corrected chi connectivity index (χ4v) is 1.18. The van der Waals surface area contributed by atoms with Crippen LogP contribution in [0.1, 0.15) is 40.0 Å². The van der Waals surface area contributed by atoms with Crippen molar-refractivity contribution in [2.45, 2.75) is 40.0 Å². The van der Waals surface area contributed by atoms with E-state index in [0.29, 0.717) is 0 Å². The van der Waals surface area contributed by atoms with E-state index in [1.54, 1.807) is 7.11 Å². The lowest BCUT2D eigenvalue weighted by Crippen LogP contribution is -1.96. The fraction of sp³-hybridized carbons (Fsp3) is 0.692. The van der Waals surface area contributed by atoms with Crippen LogP contribution in [0.15, 0.2) is 23.5 Å². The Labute approximate surface area is 94.0 Å². The van der Waals surface area contributed by atoms with Crippen molar-refractivity contribution < 1.29 is 9.47 Å². The Hall–Kier alpha value is -0.760. The van der Waals surface area contributed by atoms with Crippen molar-refractivity contribution in [1.29, 1.82) is 0 Å². The largest absolute Gasteiger partial charge is 0.494 e. The van der Waals surface area contributed by atoms with Crippen LogP contribution in [0.25, 0.3) is 0 Å². The third kappa shape index (κ3) is 9.54. The van der Waals surface area contributed by atoms with Crippen molar-refractivity contribution in [3.05, 3.63) is 23.5 Å². The molecule has 0 bridgehead atoms. The van der Waals surface area contributed by atoms with Gasteiger partial charge in [0.15, 0.2) is 0 Å². The Morgan fingerprint density at radius 3 is 2.33 bits per heavy atom. The summed E-state index contributed by atoms with van der Waals surface area (Å²) >= 11 is 0. The molecule has 0 aromatic heterocycles. The number of hydrogen-bond acceptors (Lipinski definition) is 2. The Morgan fingerprint density at radius 2 is 1.80 bits per heavy atom. The predicted molar refractivity (Wildman–Crippen MR) is 64.9 cm³/mol. The molecule has 2 nitrogen and oxygen atoms in total. The highest BCUT2D eigenvalue weighted by Crippen LogP contribution is 2.06. The number of allylic oxidation sites excluding steroid dienone is 3. The van der Waals surface area contributed by atoms with Crippen molar-refractivity contribution in [2.75, 3.05) is 20.3 Å². The second-order valence-electron chi connectivity index (χ2n) is 3.78. The third-order valence-electron chi connectivity index (χ3n) is 1.85. The van der Waals surface area contributed by atoms with Gasteiger partial charge in [0.1, 0.15) is 5.76 Å². The second-order valence-corrected chi connectivity index (χ2v) is 3.78. The van der Waals surface area contributed by atoms with Crippen molar-refractivity contribution in [3.63, 3.8) is 0 Å². The summed E-state index contributed by atoms with van der Waals surface area (Å²) in [7, 11) is 1.73. The smallest absolute Gasteiger partial charge is 0.115 e. The van der Waals surface area contributed by atoms with Crippen LogP contribution in [0, 0.1) is 0 Å². The molecule has 0 rings (SSSR count). The van der Waals surface area contributed by atoms with Crippen LogP contribution in [-0.2, 0) is 9.47 Å². The summed E-state index contributed by atoms with van der Waals surface area (Å²) < 4.78 is 10.6. The molecule has 0 aliphatic heterocycles. The van der Waals surface area contributed by atoms with Crippen molar-refractivity contribution >= 4 is 0 Å². The van der Waals surface area contributed by atoms with Crippen LogP contribution in [0.4, 0.5) is 0 Å². The van der Waals surface area contributed by atoms with Gasteiger partial charge >= 0.3 is 0 Å². The molecule has 0 saturated heterocycles. The number of ether oxygens (including phenoxy) is 2. The predicted octanol–water partition coefficient (Wildman–Crippen LogP) is 3.69. The number of unbranched alkanes of at least 4 members (excludes halogenated alkanes) is 1. The van der Waals surface area contributed by atoms with Crippen LogP contribution in [0.3, 0.4) is 0 Å². The molecule has 0 saturated carbocycles. The molecular formula is C13H24O2. The van der Waals surface area contributed by atoms with Crippen LogP contribution in [0.5, 0.6) is 0 Å². The summed E-state index contributed by atoms with van der Waals surface area (Å²) in [5.74, 6) is 0.995. The topological polar surface area (TPSA) is 18.5 Å². The highest BCUT2D eigenvalue weighted by atomic mass is 16.5. The third-order valence-corrected chi connectivity index (χ3v) is 1.85. The lowest BCUT2D eigenvalue weighted by atomic mass is 10.2. The van der Waals surface area contributed by atoms with E-state index in [1.165, 1.54) is 5.57 Å². The molecule has 0 radical (unpaired) electrons. The van der Waals surface area contributed by atoms with Crippen molar-refractivity contribution in [2.24, 2.45) is 0 Å². The first kappa shape index (κ1) is 14.2. The highest BCUT2D eigenvalue weighted by molar-refractivity contribution is 5.15. The van der Waals surface area contributed by atoms with E-state index in [0.717, 1.165) is 38.2 Å². The fourth-order valence-electron chi connectivity index (χ4n) is 1.18. The minimum Gasteiger partial charge on any atom is -0.494 e. The molecule has 0 atom stereocenters. The van der Waals surface area contributed by atoms with Crippen LogP contribution in [0.2, 0.25) is 0 Å². The molecule has 0 spiro atoms. The monoisotopic (exact) mass is 212 g/mol. The Bertz CT molecular complexity index is 201. The van der Waals surface area contributed by atoms with Gasteiger partial charge in [-0.1, -0.05) is 12.5 Å². The maximum absolute atomic E-state index is 5.67. The molecule has 0 heterocycles. The van der Waals surface area contributed by atoms with E-state index >= 15 is 0 Å². The zero-order valence-electron chi connectivity index (χ0n) is 10.5. The highest BCUT2D eigenvalue weighted by Gasteiger charge is 1.94. The van der Waals surface area contributed by atoms with Crippen LogP contribution >= 0.6 is 0 Å². The normalized spacial score (nSPS) is 11.3. The van der Waals surface area contributed by atoms with E-state index in [9.17, 15) is 0 Å². The SMILES string of the molecule is CC/C=C(\C=C(C)C)OCCCCOC. The Balaban J connectivity index is 3.78. The molecule has 0 aliphatic rings. The lowest BCUT2D eigenvalue weighted by molar-refractivity contribution is 0.169. The van der Waals surface area contributed by atoms with E-state index < -0.39 is 0 Å². The molecular weight excluding hydrogens is 188 g/mol. The van der Waals surface area contributed by atoms with Gasteiger partial charge in [0.2, 0.25) is 0 Å². The lowest BCUT2D eigenvalue weighted by Gasteiger charge is -2.07. The molecule has 0 aromatic carbocycles. The van der Waals surface area contributed by atoms with Crippen molar-refractivity contribution in [3.8, 4) is 0 Å². The van der Waals surface area contributed by atoms with E-state index in [2.05, 4.69) is 32.9 Å². The van der Waals surface area contributed by atoms with Gasteiger partial charge in [-0.3, -0.25) is 0 Å². The minimum atomic E-state index is 0.777. The molecule has 0 aromatic rings. The first-order chi connectivity index (χ1) is 7.20. The summed E-state index contributed by atoms with van der Waals surface area (Å²) in [4.78, 5) is 0. The van der Waals surface area contributed by atoms with E-state index in [-0.39, 0.29) is 0 Å². The second kappa shape index (κ2) is 9.78. The van der Waals surface area contributed by atoms with Gasteiger partial charge in [-0.15, -0.1) is 0 Å². The standard InChI is InChI=1S/C13H24O2/c1-5-8-13(11-12(2)3)15-10-7-6-9-14-4/h8,11H,5-7,9-10H2,1-4H3/b13-8+. The summed E-state index contributed by atoms with van der Waals surface area (Å²) in [5.41, 5.74) is 1.27. The summed E-state index contributed by atoms with van der Waals surface area (Å²) in [6, 6.07) is 0. The van der Waals surface area contributed by atoms with Crippen molar-refractivity contribution in [1.82, 2.24) is 0 Å². The van der Waals surface area contributed by atoms with Gasteiger partial charge in [0.05, 0.1) is 6.61 Å². The minimum absolute atomic E-state index is 0.777. The summed E-state index contributed by atoms with van der Waals surface area (Å²) in [6.45, 7) is 7.88. The van der Waals surface area contributed by atoms with Gasteiger partial charge in [0, 0.05) is 13.7 Å². The van der Waals surface area contributed by atoms with Gasteiger partial charge in [-0.2, -0.15) is 0 Å². The molecule has 15 heavy (non-hydrogen) atoms. The first-order valence-electron chi connectivity index (χ1n) is 5.67. The molecule has 0 aliphatic carbocycles. The zero-order valence-corrected chi connectivity index (χ0v) is 10.5. The van der Waals surface area contributed by atoms with E-state index in [4.69, 9.17) is 9.47 Å². The number of hydrogen-bond donors (Lipinski definition) is 0. The number of methoxy groups -OCH3 is 1. The van der Waals surface area contributed by atoms with E-state index in [1.807, 2.05) is 0 Å². The summed E-state index contributed by atoms with van der Waals surface area (Å²) in [5, 5.41) is 0. The van der Waals surface area contributed by atoms with Crippen LogP contribution in [-0.4, -0.2) is 20.3 Å². The van der Waals surface area contributed by atoms with Crippen LogP contribution < -0.4 is 0 Å². The molecule has 2 heteroatoms. The van der Waals surface area contributed by atoms with Gasteiger partial charge in [0.25, 0.3) is 0 Å². The average Bonchev–Trinajstić information content (AvgIpc) is 2.17. The summed E-state index contributed by atoms with van der Waals surface area (Å²) in [6.07, 6.45) is 7.32. The quantitative estimate of drug-likeness (QED) is 0.347. The number of rotatable bonds is 8. The average molecular weight is 212 g/mol. The molecule has 0 N–H and O–H groups in total. The molecule has 88 valence electrons. The zero-order chi connectivity index (χ0) is 11.5. The van der Waals surface area contributed by atoms with Gasteiger partial charge in [-0.25, -0.2) is 0 Å². The van der Waals surface area contributed by atoms with Gasteiger partial charge in [-0.05, 0) is 45.3 Å². The first-order valence-corrected chi connectivity index (χ1v) is 5.67. The maximum Gasteiger partial charge on any atom is 0.115 e. The molecule has 0 amide bonds. The molecule has 0 unspecified atom stereocenters. The Morgan fingerprint density at radius 1 is 1.13 bits per heavy atom.